The molecule has 0 spiro atoms. The molecule has 0 saturated heterocycles. The summed E-state index contributed by atoms with van der Waals surface area (Å²) in [6.45, 7) is 2.49. The third-order valence-corrected chi connectivity index (χ3v) is 4.66. The second kappa shape index (κ2) is 9.73. The topological polar surface area (TPSA) is 58.6 Å². The number of benzene rings is 3. The molecule has 0 radical (unpaired) electrons. The lowest BCUT2D eigenvalue weighted by atomic mass is 10.1. The van der Waals surface area contributed by atoms with Gasteiger partial charge in [-0.05, 0) is 42.5 Å². The smallest absolute Gasteiger partial charge is 0.243 e. The monoisotopic (exact) mass is 390 g/mol. The fourth-order valence-electron chi connectivity index (χ4n) is 3.14. The summed E-state index contributed by atoms with van der Waals surface area (Å²) in [4.78, 5) is 26.1. The molecule has 0 aliphatic heterocycles. The van der Waals surface area contributed by atoms with Crippen molar-refractivity contribution in [2.75, 3.05) is 25.5 Å². The van der Waals surface area contributed by atoms with E-state index in [2.05, 4.69) is 5.32 Å². The summed E-state index contributed by atoms with van der Waals surface area (Å²) in [6, 6.07) is 21.4. The van der Waals surface area contributed by atoms with Crippen LogP contribution in [-0.4, -0.2) is 36.9 Å². The molecule has 3 rings (SSSR count). The van der Waals surface area contributed by atoms with E-state index in [0.717, 1.165) is 27.8 Å². The SMILES string of the molecule is Cc1cccc(OCCCC(=O)N(C)CC(=O)Nc2cccc3ccccc23)c1. The number of anilines is 1. The van der Waals surface area contributed by atoms with E-state index in [1.807, 2.05) is 73.7 Å². The number of ether oxygens (including phenoxy) is 1. The summed E-state index contributed by atoms with van der Waals surface area (Å²) < 4.78 is 5.67. The molecule has 1 N–H and O–H groups in total. The van der Waals surface area contributed by atoms with E-state index in [0.29, 0.717) is 19.4 Å². The molecular formula is C24H26N2O3. The highest BCUT2D eigenvalue weighted by Crippen LogP contribution is 2.22. The molecule has 29 heavy (non-hydrogen) atoms. The van der Waals surface area contributed by atoms with Gasteiger partial charge in [0.1, 0.15) is 5.75 Å². The number of hydrogen-bond donors (Lipinski definition) is 1. The lowest BCUT2D eigenvalue weighted by Crippen LogP contribution is -2.35. The highest BCUT2D eigenvalue weighted by Gasteiger charge is 2.13. The minimum absolute atomic E-state index is 0.0147. The van der Waals surface area contributed by atoms with E-state index in [1.165, 1.54) is 4.90 Å². The summed E-state index contributed by atoms with van der Waals surface area (Å²) in [5, 5.41) is 4.94. The van der Waals surface area contributed by atoms with Gasteiger partial charge in [-0.15, -0.1) is 0 Å². The Hall–Kier alpha value is -3.34. The van der Waals surface area contributed by atoms with Crippen LogP contribution in [0.15, 0.2) is 66.7 Å². The number of nitrogens with zero attached hydrogens (tertiary/aromatic N) is 1. The molecule has 0 unspecified atom stereocenters. The summed E-state index contributed by atoms with van der Waals surface area (Å²) in [7, 11) is 1.65. The molecule has 0 bridgehead atoms. The van der Waals surface area contributed by atoms with Crippen LogP contribution in [-0.2, 0) is 9.59 Å². The quantitative estimate of drug-likeness (QED) is 0.580. The molecule has 0 aliphatic rings. The predicted molar refractivity (Wildman–Crippen MR) is 116 cm³/mol. The molecule has 3 aromatic carbocycles. The van der Waals surface area contributed by atoms with Crippen LogP contribution in [0.2, 0.25) is 0 Å². The number of amides is 2. The Bertz CT molecular complexity index is 995. The number of hydrogen-bond acceptors (Lipinski definition) is 3. The first-order valence-corrected chi connectivity index (χ1v) is 9.74. The highest BCUT2D eigenvalue weighted by atomic mass is 16.5. The molecule has 2 amide bonds. The molecule has 5 heteroatoms. The van der Waals surface area contributed by atoms with Crippen molar-refractivity contribution in [3.63, 3.8) is 0 Å². The van der Waals surface area contributed by atoms with Gasteiger partial charge in [-0.2, -0.15) is 0 Å². The molecule has 5 nitrogen and oxygen atoms in total. The lowest BCUT2D eigenvalue weighted by Gasteiger charge is -2.17. The second-order valence-corrected chi connectivity index (χ2v) is 7.09. The predicted octanol–water partition coefficient (Wildman–Crippen LogP) is 4.40. The number of nitrogens with one attached hydrogen (secondary N) is 1. The van der Waals surface area contributed by atoms with Crippen LogP contribution >= 0.6 is 0 Å². The number of aryl methyl sites for hydroxylation is 1. The van der Waals surface area contributed by atoms with Crippen molar-refractivity contribution >= 4 is 28.3 Å². The number of likely N-dealkylation sites (N-methyl/N-ethyl adjacent to an activating group) is 1. The minimum atomic E-state index is -0.215. The zero-order valence-electron chi connectivity index (χ0n) is 16.9. The average molecular weight is 390 g/mol. The Morgan fingerprint density at radius 3 is 2.59 bits per heavy atom. The maximum Gasteiger partial charge on any atom is 0.243 e. The summed E-state index contributed by atoms with van der Waals surface area (Å²) in [6.07, 6.45) is 0.936. The van der Waals surface area contributed by atoms with E-state index >= 15 is 0 Å². The van der Waals surface area contributed by atoms with Gasteiger partial charge in [0.25, 0.3) is 0 Å². The first-order chi connectivity index (χ1) is 14.0. The van der Waals surface area contributed by atoms with Crippen molar-refractivity contribution in [2.24, 2.45) is 0 Å². The van der Waals surface area contributed by atoms with Crippen LogP contribution in [0.1, 0.15) is 18.4 Å². The van der Waals surface area contributed by atoms with Gasteiger partial charge in [0.2, 0.25) is 11.8 Å². The van der Waals surface area contributed by atoms with E-state index in [-0.39, 0.29) is 18.4 Å². The van der Waals surface area contributed by atoms with Gasteiger partial charge in [-0.3, -0.25) is 9.59 Å². The van der Waals surface area contributed by atoms with Crippen LogP contribution in [0.4, 0.5) is 5.69 Å². The standard InChI is InChI=1S/C24H26N2O3/c1-18-8-5-11-20(16-18)29-15-7-14-24(28)26(2)17-23(27)25-22-13-6-10-19-9-3-4-12-21(19)22/h3-6,8-13,16H,7,14-15,17H2,1-2H3,(H,25,27). The Balaban J connectivity index is 1.44. The zero-order valence-corrected chi connectivity index (χ0v) is 16.9. The van der Waals surface area contributed by atoms with E-state index in [9.17, 15) is 9.59 Å². The molecular weight excluding hydrogens is 364 g/mol. The van der Waals surface area contributed by atoms with Crippen LogP contribution in [0.5, 0.6) is 5.75 Å². The lowest BCUT2D eigenvalue weighted by molar-refractivity contribution is -0.133. The maximum absolute atomic E-state index is 12.4. The van der Waals surface area contributed by atoms with E-state index in [1.54, 1.807) is 7.05 Å². The van der Waals surface area contributed by atoms with Crippen LogP contribution < -0.4 is 10.1 Å². The molecule has 0 heterocycles. The largest absolute Gasteiger partial charge is 0.494 e. The van der Waals surface area contributed by atoms with E-state index < -0.39 is 0 Å². The highest BCUT2D eigenvalue weighted by molar-refractivity contribution is 6.03. The van der Waals surface area contributed by atoms with Gasteiger partial charge in [0.05, 0.1) is 13.2 Å². The van der Waals surface area contributed by atoms with Crippen LogP contribution in [0.3, 0.4) is 0 Å². The van der Waals surface area contributed by atoms with Crippen LogP contribution in [0.25, 0.3) is 10.8 Å². The molecule has 150 valence electrons. The van der Waals surface area contributed by atoms with Crippen molar-refractivity contribution in [3.05, 3.63) is 72.3 Å². The van der Waals surface area contributed by atoms with Gasteiger partial charge in [-0.1, -0.05) is 48.5 Å². The number of carbonyl (C=O) groups excluding carboxylic acids is 2. The second-order valence-electron chi connectivity index (χ2n) is 7.09. The third kappa shape index (κ3) is 5.82. The van der Waals surface area contributed by atoms with Crippen molar-refractivity contribution in [2.45, 2.75) is 19.8 Å². The van der Waals surface area contributed by atoms with Gasteiger partial charge < -0.3 is 15.0 Å². The van der Waals surface area contributed by atoms with Crippen LogP contribution in [0, 0.1) is 6.92 Å². The van der Waals surface area contributed by atoms with Crippen molar-refractivity contribution in [1.29, 1.82) is 0 Å². The van der Waals surface area contributed by atoms with Gasteiger partial charge in [0.15, 0.2) is 0 Å². The zero-order chi connectivity index (χ0) is 20.6. The fraction of sp³-hybridized carbons (Fsp3) is 0.250. The Morgan fingerprint density at radius 2 is 1.76 bits per heavy atom. The summed E-state index contributed by atoms with van der Waals surface area (Å²) in [5.74, 6) is 0.513. The Kier molecular flexibility index (Phi) is 6.85. The number of fused-ring (bicyclic) bond motifs is 1. The van der Waals surface area contributed by atoms with Gasteiger partial charge in [0, 0.05) is 24.5 Å². The normalized spacial score (nSPS) is 10.6. The first kappa shape index (κ1) is 20.4. The molecule has 0 aromatic heterocycles. The maximum atomic E-state index is 12.4. The van der Waals surface area contributed by atoms with Gasteiger partial charge in [-0.25, -0.2) is 0 Å². The number of carbonyl (C=O) groups is 2. The van der Waals surface area contributed by atoms with E-state index in [4.69, 9.17) is 4.74 Å². The molecule has 0 fully saturated rings. The average Bonchev–Trinajstić information content (AvgIpc) is 2.71. The van der Waals surface area contributed by atoms with Crippen molar-refractivity contribution in [3.8, 4) is 5.75 Å². The summed E-state index contributed by atoms with van der Waals surface area (Å²) >= 11 is 0. The minimum Gasteiger partial charge on any atom is -0.494 e. The third-order valence-electron chi connectivity index (χ3n) is 4.66. The first-order valence-electron chi connectivity index (χ1n) is 9.74. The fourth-order valence-corrected chi connectivity index (χ4v) is 3.14. The van der Waals surface area contributed by atoms with Crippen molar-refractivity contribution < 1.29 is 14.3 Å². The molecule has 3 aromatic rings. The number of rotatable bonds is 8. The molecule has 0 atom stereocenters. The van der Waals surface area contributed by atoms with Gasteiger partial charge >= 0.3 is 0 Å². The molecule has 0 saturated carbocycles. The van der Waals surface area contributed by atoms with Crippen molar-refractivity contribution in [1.82, 2.24) is 4.90 Å². The molecule has 0 aliphatic carbocycles. The Morgan fingerprint density at radius 1 is 1.00 bits per heavy atom. The Labute approximate surface area is 171 Å². The summed E-state index contributed by atoms with van der Waals surface area (Å²) in [5.41, 5.74) is 1.89.